The molecule has 9 heteroatoms. The van der Waals surface area contributed by atoms with Crippen molar-refractivity contribution in [2.45, 2.75) is 37.3 Å². The number of piperidine rings is 1. The standard InChI is InChI=1S/C11H20BrN5O2S/c1-9(17-6-4-3-5-7-17)8-13-20(18,19)11-10(12)14-15-16(11)2/h9,13H,3-8H2,1-2H3. The van der Waals surface area contributed by atoms with Crippen LogP contribution in [0.15, 0.2) is 9.63 Å². The van der Waals surface area contributed by atoms with Gasteiger partial charge in [0.15, 0.2) is 4.60 Å². The van der Waals surface area contributed by atoms with E-state index >= 15 is 0 Å². The fourth-order valence-electron chi connectivity index (χ4n) is 2.39. The van der Waals surface area contributed by atoms with Gasteiger partial charge in [-0.15, -0.1) is 5.10 Å². The van der Waals surface area contributed by atoms with Crippen LogP contribution >= 0.6 is 15.9 Å². The Morgan fingerprint density at radius 1 is 1.35 bits per heavy atom. The topological polar surface area (TPSA) is 80.1 Å². The van der Waals surface area contributed by atoms with Gasteiger partial charge in [-0.1, -0.05) is 11.6 Å². The highest BCUT2D eigenvalue weighted by atomic mass is 79.9. The maximum atomic E-state index is 12.3. The van der Waals surface area contributed by atoms with Gasteiger partial charge in [0.05, 0.1) is 0 Å². The van der Waals surface area contributed by atoms with Crippen molar-refractivity contribution >= 4 is 26.0 Å². The lowest BCUT2D eigenvalue weighted by Crippen LogP contribution is -2.44. The maximum absolute atomic E-state index is 12.3. The number of aromatic nitrogens is 3. The Kier molecular flexibility index (Phi) is 5.16. The Morgan fingerprint density at radius 3 is 2.55 bits per heavy atom. The summed E-state index contributed by atoms with van der Waals surface area (Å²) in [6.45, 7) is 4.52. The number of sulfonamides is 1. The van der Waals surface area contributed by atoms with E-state index in [2.05, 4.69) is 35.9 Å². The molecular formula is C11H20BrN5O2S. The van der Waals surface area contributed by atoms with Crippen LogP contribution in [-0.2, 0) is 17.1 Å². The molecule has 0 radical (unpaired) electrons. The van der Waals surface area contributed by atoms with Crippen molar-refractivity contribution in [3.63, 3.8) is 0 Å². The van der Waals surface area contributed by atoms with E-state index in [0.717, 1.165) is 13.1 Å². The molecular weight excluding hydrogens is 346 g/mol. The summed E-state index contributed by atoms with van der Waals surface area (Å²) in [6.07, 6.45) is 3.64. The quantitative estimate of drug-likeness (QED) is 0.831. The normalized spacial score (nSPS) is 19.1. The van der Waals surface area contributed by atoms with E-state index in [1.54, 1.807) is 7.05 Å². The molecule has 7 nitrogen and oxygen atoms in total. The summed E-state index contributed by atoms with van der Waals surface area (Å²) in [6, 6.07) is 0.185. The molecule has 20 heavy (non-hydrogen) atoms. The lowest BCUT2D eigenvalue weighted by atomic mass is 10.1. The summed E-state index contributed by atoms with van der Waals surface area (Å²) >= 11 is 3.11. The molecule has 1 aliphatic rings. The minimum absolute atomic E-state index is 0.0587. The number of likely N-dealkylation sites (tertiary alicyclic amines) is 1. The van der Waals surface area contributed by atoms with E-state index in [1.807, 2.05) is 6.92 Å². The van der Waals surface area contributed by atoms with Gasteiger partial charge in [0.2, 0.25) is 5.03 Å². The first kappa shape index (κ1) is 15.9. The second-order valence-corrected chi connectivity index (χ2v) is 7.54. The van der Waals surface area contributed by atoms with Gasteiger partial charge in [-0.2, -0.15) is 0 Å². The fourth-order valence-corrected chi connectivity index (χ4v) is 4.61. The van der Waals surface area contributed by atoms with Crippen LogP contribution in [0.5, 0.6) is 0 Å². The third-order valence-corrected chi connectivity index (χ3v) is 5.88. The van der Waals surface area contributed by atoms with Gasteiger partial charge in [-0.3, -0.25) is 4.90 Å². The van der Waals surface area contributed by atoms with E-state index in [-0.39, 0.29) is 15.7 Å². The van der Waals surface area contributed by atoms with Gasteiger partial charge in [0.1, 0.15) is 0 Å². The van der Waals surface area contributed by atoms with Crippen molar-refractivity contribution in [2.75, 3.05) is 19.6 Å². The van der Waals surface area contributed by atoms with Crippen molar-refractivity contribution in [1.29, 1.82) is 0 Å². The Balaban J connectivity index is 1.99. The van der Waals surface area contributed by atoms with E-state index in [0.29, 0.717) is 6.54 Å². The van der Waals surface area contributed by atoms with Crippen LogP contribution in [0, 0.1) is 0 Å². The van der Waals surface area contributed by atoms with Gasteiger partial charge in [-0.05, 0) is 48.8 Å². The highest BCUT2D eigenvalue weighted by molar-refractivity contribution is 9.10. The van der Waals surface area contributed by atoms with Crippen LogP contribution in [0.2, 0.25) is 0 Å². The van der Waals surface area contributed by atoms with Crippen LogP contribution in [-0.4, -0.2) is 54.0 Å². The predicted molar refractivity (Wildman–Crippen MR) is 78.8 cm³/mol. The van der Waals surface area contributed by atoms with Crippen LogP contribution in [0.3, 0.4) is 0 Å². The molecule has 2 rings (SSSR count). The number of hydrogen-bond donors (Lipinski definition) is 1. The molecule has 1 atom stereocenters. The summed E-state index contributed by atoms with van der Waals surface area (Å²) < 4.78 is 28.6. The minimum Gasteiger partial charge on any atom is -0.299 e. The number of hydrogen-bond acceptors (Lipinski definition) is 5. The lowest BCUT2D eigenvalue weighted by molar-refractivity contribution is 0.175. The van der Waals surface area contributed by atoms with E-state index in [4.69, 9.17) is 0 Å². The average molecular weight is 366 g/mol. The molecule has 0 spiro atoms. The summed E-state index contributed by atoms with van der Waals surface area (Å²) in [7, 11) is -2.04. The third-order valence-electron chi connectivity index (χ3n) is 3.57. The molecule has 0 aromatic carbocycles. The van der Waals surface area contributed by atoms with Crippen LogP contribution in [0.25, 0.3) is 0 Å². The molecule has 114 valence electrons. The van der Waals surface area contributed by atoms with E-state index in [9.17, 15) is 8.42 Å². The van der Waals surface area contributed by atoms with Crippen LogP contribution in [0.4, 0.5) is 0 Å². The SMILES string of the molecule is CC(CNS(=O)(=O)c1c(Br)nnn1C)N1CCCCC1. The summed E-state index contributed by atoms with van der Waals surface area (Å²) in [5.41, 5.74) is 0. The number of nitrogens with zero attached hydrogens (tertiary/aromatic N) is 4. The van der Waals surface area contributed by atoms with Gasteiger partial charge >= 0.3 is 0 Å². The highest BCUT2D eigenvalue weighted by Crippen LogP contribution is 2.18. The molecule has 1 unspecified atom stereocenters. The monoisotopic (exact) mass is 365 g/mol. The molecule has 2 heterocycles. The first-order valence-corrected chi connectivity index (χ1v) is 8.98. The Hall–Kier alpha value is -0.510. The second-order valence-electron chi connectivity index (χ2n) is 5.11. The Bertz CT molecular complexity index is 534. The zero-order valence-electron chi connectivity index (χ0n) is 11.7. The predicted octanol–water partition coefficient (Wildman–Crippen LogP) is 0.730. The van der Waals surface area contributed by atoms with Gasteiger partial charge in [-0.25, -0.2) is 17.8 Å². The zero-order valence-corrected chi connectivity index (χ0v) is 14.1. The molecule has 1 aromatic rings. The summed E-state index contributed by atoms with van der Waals surface area (Å²) in [4.78, 5) is 2.32. The van der Waals surface area contributed by atoms with Crippen molar-refractivity contribution in [1.82, 2.24) is 24.6 Å². The second kappa shape index (κ2) is 6.50. The molecule has 1 N–H and O–H groups in total. The molecule has 1 fully saturated rings. The fraction of sp³-hybridized carbons (Fsp3) is 0.818. The summed E-state index contributed by atoms with van der Waals surface area (Å²) in [5, 5.41) is 7.45. The number of nitrogens with one attached hydrogen (secondary N) is 1. The molecule has 1 aliphatic heterocycles. The van der Waals surface area contributed by atoms with Crippen molar-refractivity contribution in [2.24, 2.45) is 7.05 Å². The molecule has 0 bridgehead atoms. The van der Waals surface area contributed by atoms with Gasteiger partial charge in [0, 0.05) is 19.6 Å². The third kappa shape index (κ3) is 3.57. The molecule has 1 saturated heterocycles. The van der Waals surface area contributed by atoms with Crippen LogP contribution in [0.1, 0.15) is 26.2 Å². The minimum atomic E-state index is -3.60. The van der Waals surface area contributed by atoms with E-state index in [1.165, 1.54) is 23.9 Å². The number of halogens is 1. The molecule has 0 amide bonds. The van der Waals surface area contributed by atoms with Crippen molar-refractivity contribution in [3.8, 4) is 0 Å². The maximum Gasteiger partial charge on any atom is 0.260 e. The number of aryl methyl sites for hydroxylation is 1. The molecule has 1 aromatic heterocycles. The Labute approximate surface area is 127 Å². The lowest BCUT2D eigenvalue weighted by Gasteiger charge is -2.32. The van der Waals surface area contributed by atoms with Gasteiger partial charge in [0.25, 0.3) is 10.0 Å². The first-order valence-electron chi connectivity index (χ1n) is 6.70. The van der Waals surface area contributed by atoms with Crippen LogP contribution < -0.4 is 4.72 Å². The largest absolute Gasteiger partial charge is 0.299 e. The number of rotatable bonds is 5. The van der Waals surface area contributed by atoms with Crippen molar-refractivity contribution < 1.29 is 8.42 Å². The average Bonchev–Trinajstić information content (AvgIpc) is 2.77. The molecule has 0 saturated carbocycles. The summed E-state index contributed by atoms with van der Waals surface area (Å²) in [5.74, 6) is 0. The first-order chi connectivity index (χ1) is 9.42. The Morgan fingerprint density at radius 2 is 2.00 bits per heavy atom. The van der Waals surface area contributed by atoms with Crippen molar-refractivity contribution in [3.05, 3.63) is 4.60 Å². The smallest absolute Gasteiger partial charge is 0.260 e. The van der Waals surface area contributed by atoms with Gasteiger partial charge < -0.3 is 0 Å². The van der Waals surface area contributed by atoms with E-state index < -0.39 is 10.0 Å². The molecule has 0 aliphatic carbocycles. The zero-order chi connectivity index (χ0) is 14.8. The highest BCUT2D eigenvalue weighted by Gasteiger charge is 2.25.